The molecule has 0 atom stereocenters. The Hall–Kier alpha value is -2.85. The van der Waals surface area contributed by atoms with E-state index in [1.165, 1.54) is 0 Å². The lowest BCUT2D eigenvalue weighted by Gasteiger charge is -2.19. The molecule has 130 valence electrons. The maximum atomic E-state index is 12.4. The molecule has 3 rings (SSSR count). The minimum absolute atomic E-state index is 0.214. The van der Waals surface area contributed by atoms with Crippen LogP contribution < -0.4 is 10.6 Å². The van der Waals surface area contributed by atoms with Crippen molar-refractivity contribution in [1.29, 1.82) is 0 Å². The second kappa shape index (κ2) is 9.02. The van der Waals surface area contributed by atoms with Gasteiger partial charge in [-0.3, -0.25) is 0 Å². The van der Waals surface area contributed by atoms with Gasteiger partial charge in [-0.1, -0.05) is 94.8 Å². The highest BCUT2D eigenvalue weighted by atomic mass is 79.9. The van der Waals surface area contributed by atoms with E-state index < -0.39 is 0 Å². The fourth-order valence-corrected chi connectivity index (χ4v) is 3.06. The van der Waals surface area contributed by atoms with E-state index in [0.717, 1.165) is 21.2 Å². The summed E-state index contributed by atoms with van der Waals surface area (Å²) in [5.41, 5.74) is 3.06. The Morgan fingerprint density at radius 1 is 0.808 bits per heavy atom. The molecule has 0 unspecified atom stereocenters. The Morgan fingerprint density at radius 3 is 1.92 bits per heavy atom. The first-order valence-corrected chi connectivity index (χ1v) is 9.11. The molecule has 0 heterocycles. The molecular weight excluding hydrogens is 388 g/mol. The summed E-state index contributed by atoms with van der Waals surface area (Å²) < 4.78 is 0.977. The van der Waals surface area contributed by atoms with Gasteiger partial charge in [-0.25, -0.2) is 4.79 Å². The molecule has 0 fully saturated rings. The lowest BCUT2D eigenvalue weighted by Crippen LogP contribution is -2.35. The zero-order valence-corrected chi connectivity index (χ0v) is 15.7. The van der Waals surface area contributed by atoms with Gasteiger partial charge in [-0.15, -0.1) is 0 Å². The number of amides is 2. The summed E-state index contributed by atoms with van der Waals surface area (Å²) in [5.74, 6) is 0. The number of carbonyl (C=O) groups is 1. The van der Waals surface area contributed by atoms with Gasteiger partial charge in [0.05, 0.1) is 6.04 Å². The summed E-state index contributed by atoms with van der Waals surface area (Å²) in [5, 5.41) is 5.81. The average molecular weight is 407 g/mol. The van der Waals surface area contributed by atoms with Crippen LogP contribution in [0.4, 0.5) is 4.79 Å². The van der Waals surface area contributed by atoms with Gasteiger partial charge in [0, 0.05) is 10.7 Å². The average Bonchev–Trinajstić information content (AvgIpc) is 2.69. The summed E-state index contributed by atoms with van der Waals surface area (Å²) in [6.07, 6.45) is 3.49. The molecule has 26 heavy (non-hydrogen) atoms. The smallest absolute Gasteiger partial charge is 0.319 e. The van der Waals surface area contributed by atoms with Gasteiger partial charge < -0.3 is 10.6 Å². The van der Waals surface area contributed by atoms with E-state index in [2.05, 4.69) is 26.6 Å². The van der Waals surface area contributed by atoms with Crippen molar-refractivity contribution in [2.75, 3.05) is 0 Å². The molecule has 0 radical (unpaired) electrons. The molecule has 0 aromatic heterocycles. The summed E-state index contributed by atoms with van der Waals surface area (Å²) in [6, 6.07) is 27.2. The number of hydrogen-bond donors (Lipinski definition) is 2. The first-order valence-electron chi connectivity index (χ1n) is 8.32. The van der Waals surface area contributed by atoms with E-state index in [9.17, 15) is 4.79 Å². The molecular formula is C22H19BrN2O. The lowest BCUT2D eigenvalue weighted by atomic mass is 9.99. The molecule has 0 aliphatic rings. The number of urea groups is 1. The molecule has 0 aliphatic heterocycles. The second-order valence-electron chi connectivity index (χ2n) is 5.73. The Balaban J connectivity index is 1.71. The van der Waals surface area contributed by atoms with Crippen molar-refractivity contribution < 1.29 is 4.79 Å². The van der Waals surface area contributed by atoms with Crippen LogP contribution in [0.2, 0.25) is 0 Å². The van der Waals surface area contributed by atoms with Gasteiger partial charge in [-0.2, -0.15) is 0 Å². The van der Waals surface area contributed by atoms with Gasteiger partial charge in [0.1, 0.15) is 0 Å². The minimum atomic E-state index is -0.258. The molecule has 0 spiro atoms. The van der Waals surface area contributed by atoms with Gasteiger partial charge in [0.2, 0.25) is 0 Å². The third kappa shape index (κ3) is 4.83. The molecule has 3 aromatic carbocycles. The van der Waals surface area contributed by atoms with Crippen molar-refractivity contribution >= 4 is 28.0 Å². The number of nitrogens with one attached hydrogen (secondary N) is 2. The maximum absolute atomic E-state index is 12.4. The lowest BCUT2D eigenvalue weighted by molar-refractivity contribution is 0.242. The zero-order chi connectivity index (χ0) is 18.2. The number of halogens is 1. The van der Waals surface area contributed by atoms with E-state index >= 15 is 0 Å². The molecule has 2 N–H and O–H groups in total. The molecule has 0 saturated carbocycles. The number of benzene rings is 3. The zero-order valence-electron chi connectivity index (χ0n) is 14.1. The largest absolute Gasteiger partial charge is 0.327 e. The highest BCUT2D eigenvalue weighted by Crippen LogP contribution is 2.21. The van der Waals surface area contributed by atoms with Crippen molar-refractivity contribution in [2.24, 2.45) is 0 Å². The first-order chi connectivity index (χ1) is 12.7. The van der Waals surface area contributed by atoms with Crippen LogP contribution in [-0.4, -0.2) is 6.03 Å². The van der Waals surface area contributed by atoms with Crippen LogP contribution in [0.25, 0.3) is 6.08 Å². The molecule has 3 aromatic rings. The van der Waals surface area contributed by atoms with Crippen LogP contribution in [-0.2, 0) is 0 Å². The Morgan fingerprint density at radius 2 is 1.35 bits per heavy atom. The third-order valence-corrected chi connectivity index (χ3v) is 4.65. The molecule has 3 nitrogen and oxygen atoms in total. The Labute approximate surface area is 161 Å². The number of rotatable bonds is 5. The number of hydrogen-bond acceptors (Lipinski definition) is 1. The van der Waals surface area contributed by atoms with Gasteiger partial charge in [0.15, 0.2) is 0 Å². The molecule has 0 saturated heterocycles. The van der Waals surface area contributed by atoms with E-state index in [4.69, 9.17) is 0 Å². The van der Waals surface area contributed by atoms with E-state index in [1.54, 1.807) is 6.20 Å². The highest BCUT2D eigenvalue weighted by molar-refractivity contribution is 9.10. The highest BCUT2D eigenvalue weighted by Gasteiger charge is 2.15. The molecule has 4 heteroatoms. The summed E-state index contributed by atoms with van der Waals surface area (Å²) in [4.78, 5) is 12.4. The Bertz CT molecular complexity index is 839. The van der Waals surface area contributed by atoms with Gasteiger partial charge in [0.25, 0.3) is 0 Å². The summed E-state index contributed by atoms with van der Waals surface area (Å²) in [6.45, 7) is 0. The third-order valence-electron chi connectivity index (χ3n) is 3.92. The minimum Gasteiger partial charge on any atom is -0.327 e. The van der Waals surface area contributed by atoms with Crippen molar-refractivity contribution in [3.8, 4) is 0 Å². The predicted molar refractivity (Wildman–Crippen MR) is 110 cm³/mol. The second-order valence-corrected chi connectivity index (χ2v) is 6.58. The van der Waals surface area contributed by atoms with Crippen molar-refractivity contribution in [3.05, 3.63) is 112 Å². The van der Waals surface area contributed by atoms with Crippen LogP contribution in [0, 0.1) is 0 Å². The predicted octanol–water partition coefficient (Wildman–Crippen LogP) is 5.51. The van der Waals surface area contributed by atoms with E-state index in [0.29, 0.717) is 0 Å². The molecule has 2 amide bonds. The van der Waals surface area contributed by atoms with Gasteiger partial charge >= 0.3 is 6.03 Å². The van der Waals surface area contributed by atoms with E-state index in [1.807, 2.05) is 91.0 Å². The topological polar surface area (TPSA) is 41.1 Å². The Kier molecular flexibility index (Phi) is 6.23. The monoisotopic (exact) mass is 406 g/mol. The summed E-state index contributed by atoms with van der Waals surface area (Å²) >= 11 is 3.49. The van der Waals surface area contributed by atoms with Crippen LogP contribution in [0.3, 0.4) is 0 Å². The first kappa shape index (κ1) is 18.0. The van der Waals surface area contributed by atoms with E-state index in [-0.39, 0.29) is 12.1 Å². The normalized spacial score (nSPS) is 10.8. The number of carbonyl (C=O) groups excluding carboxylic acids is 1. The van der Waals surface area contributed by atoms with Crippen molar-refractivity contribution in [2.45, 2.75) is 6.04 Å². The quantitative estimate of drug-likeness (QED) is 0.576. The fourth-order valence-electron chi connectivity index (χ4n) is 2.64. The standard InChI is InChI=1S/C22H19BrN2O/c23-20-14-8-7-9-17(20)15-16-24-22(26)25-21(18-10-3-1-4-11-18)19-12-5-2-6-13-19/h1-16,21H,(H2,24,25,26)/b16-15+. The van der Waals surface area contributed by atoms with Crippen molar-refractivity contribution in [3.63, 3.8) is 0 Å². The molecule has 0 bridgehead atoms. The molecule has 0 aliphatic carbocycles. The van der Waals surface area contributed by atoms with Crippen LogP contribution in [0.1, 0.15) is 22.7 Å². The fraction of sp³-hybridized carbons (Fsp3) is 0.0455. The van der Waals surface area contributed by atoms with Crippen LogP contribution >= 0.6 is 15.9 Å². The van der Waals surface area contributed by atoms with Crippen LogP contribution in [0.15, 0.2) is 95.6 Å². The van der Waals surface area contributed by atoms with Crippen molar-refractivity contribution in [1.82, 2.24) is 10.6 Å². The SMILES string of the molecule is O=C(N/C=C/c1ccccc1Br)NC(c1ccccc1)c1ccccc1. The maximum Gasteiger partial charge on any atom is 0.319 e. The summed E-state index contributed by atoms with van der Waals surface area (Å²) in [7, 11) is 0. The van der Waals surface area contributed by atoms with Gasteiger partial charge in [-0.05, 0) is 28.8 Å². The van der Waals surface area contributed by atoms with Crippen LogP contribution in [0.5, 0.6) is 0 Å².